The maximum absolute atomic E-state index is 12.5. The number of hydrogen-bond acceptors (Lipinski definition) is 5. The molecule has 0 aromatic heterocycles. The smallest absolute Gasteiger partial charge is 0.305 e. The lowest BCUT2D eigenvalue weighted by Gasteiger charge is -2.20. The van der Waals surface area contributed by atoms with Gasteiger partial charge in [-0.2, -0.15) is 0 Å². The van der Waals surface area contributed by atoms with E-state index < -0.39 is 12.1 Å². The van der Waals surface area contributed by atoms with Gasteiger partial charge in [0.2, 0.25) is 5.91 Å². The highest BCUT2D eigenvalue weighted by molar-refractivity contribution is 5.76. The number of amides is 1. The Morgan fingerprint density at radius 3 is 1.04 bits per heavy atom. The van der Waals surface area contributed by atoms with Crippen molar-refractivity contribution in [1.29, 1.82) is 0 Å². The van der Waals surface area contributed by atoms with E-state index in [0.29, 0.717) is 19.4 Å². The van der Waals surface area contributed by atoms with Crippen LogP contribution in [-0.2, 0) is 14.3 Å². The lowest BCUT2D eigenvalue weighted by molar-refractivity contribution is -0.143. The Kier molecular flexibility index (Phi) is 56.5. The molecule has 2 unspecified atom stereocenters. The van der Waals surface area contributed by atoms with Gasteiger partial charge in [-0.25, -0.2) is 0 Å². The number of rotatable bonds is 57. The largest absolute Gasteiger partial charge is 0.466 e. The zero-order valence-electron chi connectivity index (χ0n) is 45.9. The molecule has 0 spiro atoms. The van der Waals surface area contributed by atoms with E-state index in [1.54, 1.807) is 6.08 Å². The Morgan fingerprint density at radius 2 is 0.691 bits per heavy atom. The van der Waals surface area contributed by atoms with Crippen molar-refractivity contribution < 1.29 is 24.5 Å². The Labute approximate surface area is 424 Å². The summed E-state index contributed by atoms with van der Waals surface area (Å²) in [5.41, 5.74) is 0. The quantitative estimate of drug-likeness (QED) is 0.0321. The van der Waals surface area contributed by atoms with Gasteiger partial charge in [-0.15, -0.1) is 0 Å². The van der Waals surface area contributed by atoms with Crippen LogP contribution in [0.15, 0.2) is 24.3 Å². The van der Waals surface area contributed by atoms with Crippen LogP contribution in [-0.4, -0.2) is 47.4 Å². The standard InChI is InChI=1S/C62H119NO5/c1-3-5-7-9-11-13-15-17-19-23-26-30-34-38-42-46-50-54-60(65)59(58-64)63-61(66)55-51-47-43-39-35-31-27-24-21-22-25-29-33-37-41-45-49-53-57-68-62(67)56-52-48-44-40-36-32-28-20-18-16-14-12-10-8-6-4-2/h24,27,50,54,59-60,64-65H,3-23,25-26,28-49,51-53,55-58H2,1-2H3,(H,63,66)/b27-24-,54-50+. The zero-order valence-corrected chi connectivity index (χ0v) is 45.9. The lowest BCUT2D eigenvalue weighted by Crippen LogP contribution is -2.45. The molecule has 0 bridgehead atoms. The molecule has 0 saturated heterocycles. The Bertz CT molecular complexity index is 1060. The van der Waals surface area contributed by atoms with Crippen LogP contribution >= 0.6 is 0 Å². The molecule has 2 atom stereocenters. The molecular formula is C62H119NO5. The van der Waals surface area contributed by atoms with Crippen molar-refractivity contribution in [2.24, 2.45) is 0 Å². The minimum atomic E-state index is -0.853. The summed E-state index contributed by atoms with van der Waals surface area (Å²) >= 11 is 0. The van der Waals surface area contributed by atoms with Gasteiger partial charge in [0.1, 0.15) is 0 Å². The molecule has 3 N–H and O–H groups in total. The van der Waals surface area contributed by atoms with Gasteiger partial charge in [-0.3, -0.25) is 9.59 Å². The molecule has 0 aromatic carbocycles. The van der Waals surface area contributed by atoms with Gasteiger partial charge in [0.25, 0.3) is 0 Å². The number of allylic oxidation sites excluding steroid dienone is 3. The molecule has 402 valence electrons. The maximum atomic E-state index is 12.5. The monoisotopic (exact) mass is 958 g/mol. The number of unbranched alkanes of at least 4 members (excludes halogenated alkanes) is 44. The number of hydrogen-bond donors (Lipinski definition) is 3. The van der Waals surface area contributed by atoms with Crippen molar-refractivity contribution in [3.63, 3.8) is 0 Å². The fourth-order valence-corrected chi connectivity index (χ4v) is 9.51. The Balaban J connectivity index is 3.46. The average Bonchev–Trinajstić information content (AvgIpc) is 3.34. The number of carbonyl (C=O) groups excluding carboxylic acids is 2. The number of nitrogens with one attached hydrogen (secondary N) is 1. The van der Waals surface area contributed by atoms with E-state index in [1.807, 2.05) is 6.08 Å². The molecule has 1 amide bonds. The van der Waals surface area contributed by atoms with Gasteiger partial charge in [0, 0.05) is 12.8 Å². The van der Waals surface area contributed by atoms with Crippen LogP contribution < -0.4 is 5.32 Å². The summed E-state index contributed by atoms with van der Waals surface area (Å²) in [6.45, 7) is 4.91. The molecular weight excluding hydrogens is 839 g/mol. The second kappa shape index (κ2) is 57.9. The van der Waals surface area contributed by atoms with E-state index in [2.05, 4.69) is 31.3 Å². The summed E-state index contributed by atoms with van der Waals surface area (Å²) in [5.74, 6) is -0.0742. The highest BCUT2D eigenvalue weighted by Crippen LogP contribution is 2.17. The molecule has 68 heavy (non-hydrogen) atoms. The van der Waals surface area contributed by atoms with E-state index in [1.165, 1.54) is 250 Å². The van der Waals surface area contributed by atoms with Gasteiger partial charge >= 0.3 is 5.97 Å². The summed E-state index contributed by atoms with van der Waals surface area (Å²) < 4.78 is 5.49. The topological polar surface area (TPSA) is 95.9 Å². The van der Waals surface area contributed by atoms with Crippen LogP contribution in [0, 0.1) is 0 Å². The SMILES string of the molecule is CCCCCCCCCCCCCCCCC/C=C/C(O)C(CO)NC(=O)CCCCCCC/C=C\CCCCCCCCCCCOC(=O)CCCCCCCCCCCCCCCCCC. The molecule has 6 heteroatoms. The van der Waals surface area contributed by atoms with Crippen molar-refractivity contribution in [2.45, 2.75) is 347 Å². The van der Waals surface area contributed by atoms with Crippen molar-refractivity contribution in [3.05, 3.63) is 24.3 Å². The first-order valence-electron chi connectivity index (χ1n) is 30.6. The Morgan fingerprint density at radius 1 is 0.397 bits per heavy atom. The molecule has 6 nitrogen and oxygen atoms in total. The Hall–Kier alpha value is -1.66. The highest BCUT2D eigenvalue weighted by atomic mass is 16.5. The fourth-order valence-electron chi connectivity index (χ4n) is 9.51. The first-order valence-corrected chi connectivity index (χ1v) is 30.6. The predicted octanol–water partition coefficient (Wildman–Crippen LogP) is 19.0. The van der Waals surface area contributed by atoms with Gasteiger partial charge in [0.15, 0.2) is 0 Å². The van der Waals surface area contributed by atoms with Crippen LogP contribution in [0.4, 0.5) is 0 Å². The summed E-state index contributed by atoms with van der Waals surface area (Å²) in [5, 5.41) is 23.1. The van der Waals surface area contributed by atoms with Crippen molar-refractivity contribution in [2.75, 3.05) is 13.2 Å². The van der Waals surface area contributed by atoms with Crippen LogP contribution in [0.3, 0.4) is 0 Å². The minimum Gasteiger partial charge on any atom is -0.466 e. The van der Waals surface area contributed by atoms with Crippen molar-refractivity contribution in [1.82, 2.24) is 5.32 Å². The first kappa shape index (κ1) is 66.3. The maximum Gasteiger partial charge on any atom is 0.305 e. The van der Waals surface area contributed by atoms with Gasteiger partial charge in [-0.05, 0) is 57.8 Å². The van der Waals surface area contributed by atoms with Gasteiger partial charge in [-0.1, -0.05) is 289 Å². The summed E-state index contributed by atoms with van der Waals surface area (Å²) in [4.78, 5) is 24.5. The third kappa shape index (κ3) is 53.7. The molecule has 0 rings (SSSR count). The third-order valence-corrected chi connectivity index (χ3v) is 14.2. The third-order valence-electron chi connectivity index (χ3n) is 14.2. The number of ether oxygens (including phenoxy) is 1. The van der Waals surface area contributed by atoms with Crippen molar-refractivity contribution >= 4 is 11.9 Å². The van der Waals surface area contributed by atoms with Crippen LogP contribution in [0.25, 0.3) is 0 Å². The van der Waals surface area contributed by atoms with E-state index in [4.69, 9.17) is 4.74 Å². The molecule has 0 heterocycles. The molecule has 0 aliphatic heterocycles. The van der Waals surface area contributed by atoms with Gasteiger partial charge in [0.05, 0.1) is 25.4 Å². The van der Waals surface area contributed by atoms with E-state index in [9.17, 15) is 19.8 Å². The molecule has 0 aromatic rings. The normalized spacial score (nSPS) is 12.7. The molecule has 0 radical (unpaired) electrons. The first-order chi connectivity index (χ1) is 33.5. The van der Waals surface area contributed by atoms with Crippen molar-refractivity contribution in [3.8, 4) is 0 Å². The van der Waals surface area contributed by atoms with Gasteiger partial charge < -0.3 is 20.3 Å². The number of aliphatic hydroxyl groups is 2. The molecule has 0 saturated carbocycles. The second-order valence-electron chi connectivity index (χ2n) is 21.0. The fraction of sp³-hybridized carbons (Fsp3) is 0.903. The van der Waals surface area contributed by atoms with E-state index in [0.717, 1.165) is 57.8 Å². The summed E-state index contributed by atoms with van der Waals surface area (Å²) in [6, 6.07) is -0.638. The van der Waals surface area contributed by atoms with Crippen LogP contribution in [0.5, 0.6) is 0 Å². The zero-order chi connectivity index (χ0) is 49.3. The molecule has 0 fully saturated rings. The summed E-state index contributed by atoms with van der Waals surface area (Å²) in [6.07, 6.45) is 70.6. The van der Waals surface area contributed by atoms with Crippen LogP contribution in [0.2, 0.25) is 0 Å². The second-order valence-corrected chi connectivity index (χ2v) is 21.0. The predicted molar refractivity (Wildman–Crippen MR) is 296 cm³/mol. The highest BCUT2D eigenvalue weighted by Gasteiger charge is 2.18. The lowest BCUT2D eigenvalue weighted by atomic mass is 10.0. The van der Waals surface area contributed by atoms with E-state index >= 15 is 0 Å². The minimum absolute atomic E-state index is 0.00594. The number of esters is 1. The van der Waals surface area contributed by atoms with E-state index in [-0.39, 0.29) is 18.5 Å². The summed E-state index contributed by atoms with van der Waals surface area (Å²) in [7, 11) is 0. The van der Waals surface area contributed by atoms with Crippen LogP contribution in [0.1, 0.15) is 335 Å². The number of carbonyl (C=O) groups is 2. The number of aliphatic hydroxyl groups excluding tert-OH is 2. The molecule has 0 aliphatic carbocycles. The molecule has 0 aliphatic rings. The average molecular weight is 959 g/mol.